The minimum absolute atomic E-state index is 0.307. The van der Waals surface area contributed by atoms with E-state index in [1.165, 1.54) is 0 Å². The molecule has 0 bridgehead atoms. The van der Waals surface area contributed by atoms with Gasteiger partial charge in [-0.25, -0.2) is 4.18 Å². The highest BCUT2D eigenvalue weighted by molar-refractivity contribution is 7.86. The van der Waals surface area contributed by atoms with E-state index in [0.29, 0.717) is 6.07 Å². The molecule has 3 N–H and O–H groups in total. The van der Waals surface area contributed by atoms with Crippen LogP contribution in [0, 0.1) is 0 Å². The molecule has 0 saturated carbocycles. The van der Waals surface area contributed by atoms with Gasteiger partial charge in [-0.15, -0.1) is 4.89 Å². The van der Waals surface area contributed by atoms with Crippen molar-refractivity contribution >= 4 is 18.4 Å². The minimum atomic E-state index is -4.94. The third kappa shape index (κ3) is 4.70. The van der Waals surface area contributed by atoms with Crippen LogP contribution < -0.4 is 5.73 Å². The van der Waals surface area contributed by atoms with Crippen LogP contribution in [0.5, 0.6) is 0 Å². The number of benzene rings is 1. The topological polar surface area (TPSA) is 116 Å². The fraction of sp³-hybridized carbons (Fsp3) is 0.333. The molecule has 1 atom stereocenters. The van der Waals surface area contributed by atoms with E-state index in [2.05, 4.69) is 8.71 Å². The highest BCUT2D eigenvalue weighted by atomic mass is 32.2. The van der Waals surface area contributed by atoms with Crippen molar-refractivity contribution in [2.24, 2.45) is 5.73 Å². The molecule has 0 saturated heterocycles. The Morgan fingerprint density at radius 1 is 1.33 bits per heavy atom. The Morgan fingerprint density at radius 3 is 2.43 bits per heavy atom. The molecular formula is C9H10F3NO6PS+. The molecule has 0 radical (unpaired) electrons. The molecule has 0 heterocycles. The molecule has 1 aromatic carbocycles. The van der Waals surface area contributed by atoms with Gasteiger partial charge in [0.15, 0.2) is 0 Å². The van der Waals surface area contributed by atoms with Crippen LogP contribution in [0.1, 0.15) is 11.1 Å². The number of rotatable bonds is 6. The zero-order valence-electron chi connectivity index (χ0n) is 10.2. The molecule has 0 aliphatic heterocycles. The standard InChI is InChI=1S/C9H9F3NO6PS/c10-9(11,12)7-3-1-2-6(4-13)8(7)21(16,17)19-5-18-20(14)15/h1-3H,4-5,13H2/p+1. The molecule has 12 heteroatoms. The molecule has 7 nitrogen and oxygen atoms in total. The summed E-state index contributed by atoms with van der Waals surface area (Å²) in [4.78, 5) is 7.17. The first kappa shape index (κ1) is 18.0. The number of nitrogens with two attached hydrogens (primary N) is 1. The maximum absolute atomic E-state index is 12.9. The lowest BCUT2D eigenvalue weighted by Gasteiger charge is -2.15. The highest BCUT2D eigenvalue weighted by Crippen LogP contribution is 2.36. The van der Waals surface area contributed by atoms with E-state index in [4.69, 9.17) is 10.6 Å². The van der Waals surface area contributed by atoms with Crippen molar-refractivity contribution < 1.29 is 39.8 Å². The van der Waals surface area contributed by atoms with Gasteiger partial charge in [0.25, 0.3) is 10.1 Å². The van der Waals surface area contributed by atoms with Crippen LogP contribution in [0.25, 0.3) is 0 Å². The Morgan fingerprint density at radius 2 is 1.95 bits per heavy atom. The second-order valence-electron chi connectivity index (χ2n) is 3.55. The number of halogens is 3. The van der Waals surface area contributed by atoms with Gasteiger partial charge in [-0.3, -0.25) is 0 Å². The number of hydrogen-bond donors (Lipinski definition) is 2. The van der Waals surface area contributed by atoms with Gasteiger partial charge < -0.3 is 5.73 Å². The van der Waals surface area contributed by atoms with Crippen LogP contribution in [-0.4, -0.2) is 20.1 Å². The second kappa shape index (κ2) is 6.77. The SMILES string of the molecule is NCc1cccc(C(F)(F)F)c1S(=O)(=O)OCO[P+](=O)O. The van der Waals surface area contributed by atoms with Crippen LogP contribution in [0.4, 0.5) is 13.2 Å². The van der Waals surface area contributed by atoms with Gasteiger partial charge in [-0.1, -0.05) is 16.7 Å². The summed E-state index contributed by atoms with van der Waals surface area (Å²) in [5.74, 6) is 0. The first-order chi connectivity index (χ1) is 9.59. The van der Waals surface area contributed by atoms with Crippen LogP contribution in [0.15, 0.2) is 23.1 Å². The fourth-order valence-electron chi connectivity index (χ4n) is 1.45. The number of hydrogen-bond acceptors (Lipinski definition) is 6. The van der Waals surface area contributed by atoms with Crippen molar-refractivity contribution in [1.82, 2.24) is 0 Å². The monoisotopic (exact) mass is 348 g/mol. The van der Waals surface area contributed by atoms with Gasteiger partial charge in [0.05, 0.1) is 5.56 Å². The summed E-state index contributed by atoms with van der Waals surface area (Å²) in [5, 5.41) is 0. The van der Waals surface area contributed by atoms with Gasteiger partial charge >= 0.3 is 14.4 Å². The maximum atomic E-state index is 12.9. The first-order valence-corrected chi connectivity index (χ1v) is 7.71. The van der Waals surface area contributed by atoms with Crippen molar-refractivity contribution in [2.75, 3.05) is 6.79 Å². The minimum Gasteiger partial charge on any atom is -0.326 e. The second-order valence-corrected chi connectivity index (χ2v) is 5.84. The van der Waals surface area contributed by atoms with Crippen molar-refractivity contribution in [3.8, 4) is 0 Å². The van der Waals surface area contributed by atoms with Crippen molar-refractivity contribution in [2.45, 2.75) is 17.6 Å². The van der Waals surface area contributed by atoms with E-state index in [9.17, 15) is 26.2 Å². The average molecular weight is 348 g/mol. The Kier molecular flexibility index (Phi) is 5.79. The van der Waals surface area contributed by atoms with Gasteiger partial charge in [-0.05, 0) is 11.6 Å². The largest absolute Gasteiger partial charge is 0.697 e. The molecule has 1 aromatic rings. The molecule has 0 amide bonds. The normalized spacial score (nSPS) is 13.3. The predicted molar refractivity (Wildman–Crippen MR) is 63.4 cm³/mol. The Balaban J connectivity index is 3.29. The third-order valence-electron chi connectivity index (χ3n) is 2.24. The quantitative estimate of drug-likeness (QED) is 0.454. The zero-order chi connectivity index (χ0) is 16.3. The van der Waals surface area contributed by atoms with E-state index < -0.39 is 48.3 Å². The van der Waals surface area contributed by atoms with Crippen LogP contribution >= 0.6 is 8.25 Å². The van der Waals surface area contributed by atoms with Gasteiger partial charge in [0.1, 0.15) is 4.90 Å². The molecule has 0 spiro atoms. The molecule has 21 heavy (non-hydrogen) atoms. The van der Waals surface area contributed by atoms with Gasteiger partial charge in [-0.2, -0.15) is 21.6 Å². The molecule has 118 valence electrons. The summed E-state index contributed by atoms with van der Waals surface area (Å²) in [7, 11) is -8.03. The van der Waals surface area contributed by atoms with Gasteiger partial charge in [0, 0.05) is 11.1 Å². The average Bonchev–Trinajstić information content (AvgIpc) is 2.36. The van der Waals surface area contributed by atoms with E-state index >= 15 is 0 Å². The third-order valence-corrected chi connectivity index (χ3v) is 3.95. The van der Waals surface area contributed by atoms with Crippen LogP contribution in [-0.2, 0) is 36.1 Å². The first-order valence-electron chi connectivity index (χ1n) is 5.17. The Labute approximate surface area is 118 Å². The summed E-state index contributed by atoms with van der Waals surface area (Å²) in [5.41, 5.74) is 3.48. The van der Waals surface area contributed by atoms with Gasteiger partial charge in [0.2, 0.25) is 6.79 Å². The zero-order valence-corrected chi connectivity index (χ0v) is 11.9. The molecular weight excluding hydrogens is 338 g/mol. The van der Waals surface area contributed by atoms with Crippen LogP contribution in [0.3, 0.4) is 0 Å². The summed E-state index contributed by atoms with van der Waals surface area (Å²) in [6.07, 6.45) is -4.94. The molecule has 0 aromatic heterocycles. The number of alkyl halides is 3. The van der Waals surface area contributed by atoms with Crippen molar-refractivity contribution in [1.29, 1.82) is 0 Å². The highest BCUT2D eigenvalue weighted by Gasteiger charge is 2.39. The van der Waals surface area contributed by atoms with E-state index in [1.807, 2.05) is 0 Å². The molecule has 0 aliphatic rings. The summed E-state index contributed by atoms with van der Waals surface area (Å²) >= 11 is 0. The summed E-state index contributed by atoms with van der Waals surface area (Å²) in [6, 6.07) is 2.66. The Bertz CT molecular complexity index is 633. The summed E-state index contributed by atoms with van der Waals surface area (Å²) < 4.78 is 80.6. The fourth-order valence-corrected chi connectivity index (χ4v) is 2.89. The Hall–Kier alpha value is -1.10. The molecule has 1 unspecified atom stereocenters. The lowest BCUT2D eigenvalue weighted by atomic mass is 10.1. The lowest BCUT2D eigenvalue weighted by molar-refractivity contribution is -0.140. The summed E-state index contributed by atoms with van der Waals surface area (Å²) in [6.45, 7) is -1.68. The van der Waals surface area contributed by atoms with Crippen molar-refractivity contribution in [3.05, 3.63) is 29.3 Å². The molecule has 0 fully saturated rings. The smallest absolute Gasteiger partial charge is 0.326 e. The molecule has 1 rings (SSSR count). The molecule has 0 aliphatic carbocycles. The van der Waals surface area contributed by atoms with Crippen LogP contribution in [0.2, 0.25) is 0 Å². The van der Waals surface area contributed by atoms with E-state index in [1.54, 1.807) is 0 Å². The van der Waals surface area contributed by atoms with Crippen molar-refractivity contribution in [3.63, 3.8) is 0 Å². The lowest BCUT2D eigenvalue weighted by Crippen LogP contribution is -2.19. The predicted octanol–water partition coefficient (Wildman–Crippen LogP) is 1.49. The maximum Gasteiger partial charge on any atom is 0.697 e. The van der Waals surface area contributed by atoms with E-state index in [0.717, 1.165) is 12.1 Å². The van der Waals surface area contributed by atoms with E-state index in [-0.39, 0.29) is 5.56 Å².